The number of unbranched alkanes of at least 4 members (excludes halogenated alkanes) is 1. The molecule has 3 atom stereocenters. The van der Waals surface area contributed by atoms with Crippen LogP contribution < -0.4 is 11.1 Å². The van der Waals surface area contributed by atoms with E-state index in [0.717, 1.165) is 27.8 Å². The first-order valence-electron chi connectivity index (χ1n) is 15.3. The molecule has 9 heteroatoms. The molecule has 0 bridgehead atoms. The lowest BCUT2D eigenvalue weighted by atomic mass is 9.85. The van der Waals surface area contributed by atoms with Crippen LogP contribution in [-0.4, -0.2) is 66.5 Å². The molecule has 1 aliphatic carbocycles. The molecule has 2 amide bonds. The minimum absolute atomic E-state index is 0.192. The number of hydrogen-bond acceptors (Lipinski definition) is 7. The predicted molar refractivity (Wildman–Crippen MR) is 172 cm³/mol. The number of likely N-dealkylation sites (N-methyl/N-ethyl adjacent to an activating group) is 1. The Morgan fingerprint density at radius 2 is 1.49 bits per heavy atom. The lowest BCUT2D eigenvalue weighted by molar-refractivity contribution is -0.134. The summed E-state index contributed by atoms with van der Waals surface area (Å²) in [6, 6.07) is 22.7. The average Bonchev–Trinajstić information content (AvgIpc) is 3.35. The molecule has 1 aliphatic rings. The molecule has 0 aliphatic heterocycles. The van der Waals surface area contributed by atoms with Gasteiger partial charge in [-0.2, -0.15) is 0 Å². The number of nitrogens with two attached hydrogens (primary N) is 1. The Morgan fingerprint density at radius 3 is 2.04 bits per heavy atom. The Labute approximate surface area is 265 Å². The molecule has 0 heterocycles. The van der Waals surface area contributed by atoms with Crippen LogP contribution in [0.25, 0.3) is 11.1 Å². The molecule has 3 N–H and O–H groups in total. The molecule has 0 aromatic heterocycles. The van der Waals surface area contributed by atoms with E-state index in [9.17, 15) is 19.2 Å². The van der Waals surface area contributed by atoms with E-state index in [1.807, 2.05) is 78.9 Å². The van der Waals surface area contributed by atoms with Crippen LogP contribution in [0.2, 0.25) is 0 Å². The van der Waals surface area contributed by atoms with Gasteiger partial charge < -0.3 is 20.5 Å². The summed E-state index contributed by atoms with van der Waals surface area (Å²) in [5.74, 6) is -1.57. The summed E-state index contributed by atoms with van der Waals surface area (Å²) in [5, 5.41) is 2.92. The van der Waals surface area contributed by atoms with Crippen LogP contribution in [0.1, 0.15) is 62.6 Å². The van der Waals surface area contributed by atoms with Gasteiger partial charge >= 0.3 is 12.6 Å². The Balaban J connectivity index is 1.67. The number of hydrogen-bond donors (Lipinski definition) is 2. The van der Waals surface area contributed by atoms with Crippen LogP contribution in [-0.2, 0) is 30.3 Å². The first-order chi connectivity index (χ1) is 21.6. The van der Waals surface area contributed by atoms with Crippen molar-refractivity contribution in [2.45, 2.75) is 76.2 Å². The van der Waals surface area contributed by atoms with E-state index in [-0.39, 0.29) is 12.8 Å². The first kappa shape index (κ1) is 33.4. The summed E-state index contributed by atoms with van der Waals surface area (Å²) in [7, 11) is 1.51. The number of ether oxygens (including phenoxy) is 2. The highest BCUT2D eigenvalue weighted by Crippen LogP contribution is 2.47. The van der Waals surface area contributed by atoms with Crippen molar-refractivity contribution in [1.82, 2.24) is 10.2 Å². The van der Waals surface area contributed by atoms with Crippen molar-refractivity contribution in [2.75, 3.05) is 13.6 Å². The highest BCUT2D eigenvalue weighted by Gasteiger charge is 2.43. The van der Waals surface area contributed by atoms with Crippen molar-refractivity contribution in [3.05, 3.63) is 95.6 Å². The lowest BCUT2D eigenvalue weighted by Gasteiger charge is -2.32. The third kappa shape index (κ3) is 8.16. The molecule has 237 valence electrons. The predicted octanol–water partition coefficient (Wildman–Crippen LogP) is 4.91. The van der Waals surface area contributed by atoms with Crippen LogP contribution in [0.3, 0.4) is 0 Å². The van der Waals surface area contributed by atoms with Crippen molar-refractivity contribution in [3.63, 3.8) is 0 Å². The third-order valence-corrected chi connectivity index (χ3v) is 7.97. The maximum absolute atomic E-state index is 14.4. The second-order valence-electron chi connectivity index (χ2n) is 12.3. The number of rotatable bonds is 14. The van der Waals surface area contributed by atoms with Gasteiger partial charge in [0, 0.05) is 13.5 Å². The minimum Gasteiger partial charge on any atom is -0.445 e. The molecule has 0 spiro atoms. The Hall–Kier alpha value is -4.50. The van der Waals surface area contributed by atoms with E-state index < -0.39 is 47.5 Å². The highest BCUT2D eigenvalue weighted by atomic mass is 16.6. The molecule has 3 aromatic carbocycles. The van der Waals surface area contributed by atoms with E-state index in [1.54, 1.807) is 20.8 Å². The molecule has 4 rings (SSSR count). The van der Waals surface area contributed by atoms with Gasteiger partial charge in [-0.15, -0.1) is 0 Å². The Bertz CT molecular complexity index is 1440. The number of amides is 2. The van der Waals surface area contributed by atoms with Crippen molar-refractivity contribution in [1.29, 1.82) is 0 Å². The topological polar surface area (TPSA) is 128 Å². The zero-order valence-electron chi connectivity index (χ0n) is 26.3. The number of fused-ring (bicyclic) bond motifs is 3. The fraction of sp³-hybridized carbons (Fsp3) is 0.389. The second kappa shape index (κ2) is 15.0. The van der Waals surface area contributed by atoms with Crippen molar-refractivity contribution in [2.24, 2.45) is 5.73 Å². The molecular formula is C36H42N3O6. The average molecular weight is 613 g/mol. The van der Waals surface area contributed by atoms with Gasteiger partial charge in [0.15, 0.2) is 11.9 Å². The molecule has 0 fully saturated rings. The maximum atomic E-state index is 14.4. The zero-order valence-corrected chi connectivity index (χ0v) is 26.3. The smallest absolute Gasteiger partial charge is 0.418 e. The van der Waals surface area contributed by atoms with E-state index >= 15 is 0 Å². The van der Waals surface area contributed by atoms with Crippen LogP contribution in [0.5, 0.6) is 0 Å². The van der Waals surface area contributed by atoms with E-state index in [4.69, 9.17) is 15.2 Å². The highest BCUT2D eigenvalue weighted by molar-refractivity contribution is 5.96. The van der Waals surface area contributed by atoms with Crippen molar-refractivity contribution < 1.29 is 28.7 Å². The van der Waals surface area contributed by atoms with Crippen LogP contribution >= 0.6 is 0 Å². The number of nitrogens with one attached hydrogen (secondary N) is 1. The van der Waals surface area contributed by atoms with Gasteiger partial charge in [-0.3, -0.25) is 14.5 Å². The zero-order chi connectivity index (χ0) is 32.6. The molecular weight excluding hydrogens is 570 g/mol. The van der Waals surface area contributed by atoms with E-state index in [1.165, 1.54) is 18.4 Å². The van der Waals surface area contributed by atoms with E-state index in [0.29, 0.717) is 19.4 Å². The SMILES string of the molecule is CN(C(=O)OC(C)(C)C)[C@@H](Cc1ccccc1)C(=O)N[C@@H](CCCCN)C(=O)C(O[C]=O)C1c2ccccc2-c2ccccc21. The largest absolute Gasteiger partial charge is 0.445 e. The van der Waals surface area contributed by atoms with Gasteiger partial charge in [-0.1, -0.05) is 78.9 Å². The minimum atomic E-state index is -1.24. The summed E-state index contributed by atoms with van der Waals surface area (Å²) in [6.45, 7) is 7.17. The summed E-state index contributed by atoms with van der Waals surface area (Å²) in [4.78, 5) is 54.5. The molecule has 45 heavy (non-hydrogen) atoms. The number of nitrogens with zero attached hydrogens (tertiary/aromatic N) is 1. The second-order valence-corrected chi connectivity index (χ2v) is 12.3. The molecule has 0 saturated carbocycles. The molecule has 3 aromatic rings. The number of carbonyl (C=O) groups excluding carboxylic acids is 4. The van der Waals surface area contributed by atoms with Gasteiger partial charge in [-0.25, -0.2) is 9.59 Å². The summed E-state index contributed by atoms with van der Waals surface area (Å²) < 4.78 is 11.0. The molecule has 9 nitrogen and oxygen atoms in total. The quantitative estimate of drug-likeness (QED) is 0.248. The standard InChI is InChI=1S/C36H42N3O6/c1-36(2,3)45-35(43)39(4)30(22-24-14-6-5-7-15-24)34(42)38-29(20-12-13-21-37)32(41)33(44-23-40)31-27-18-10-8-16-25(27)26-17-9-11-19-28(26)31/h5-11,14-19,29-31,33H,12-13,20-22,37H2,1-4H3,(H,38,42)/t29-,30-,33?/m0/s1. The molecule has 1 unspecified atom stereocenters. The fourth-order valence-electron chi connectivity index (χ4n) is 5.81. The summed E-state index contributed by atoms with van der Waals surface area (Å²) in [5.41, 5.74) is 9.43. The summed E-state index contributed by atoms with van der Waals surface area (Å²) >= 11 is 0. The Morgan fingerprint density at radius 1 is 0.911 bits per heavy atom. The monoisotopic (exact) mass is 612 g/mol. The number of carbonyl (C=O) groups is 3. The van der Waals surface area contributed by atoms with Crippen LogP contribution in [0.15, 0.2) is 78.9 Å². The van der Waals surface area contributed by atoms with Gasteiger partial charge in [0.1, 0.15) is 11.6 Å². The van der Waals surface area contributed by atoms with Crippen molar-refractivity contribution >= 4 is 24.3 Å². The molecule has 0 saturated heterocycles. The number of Topliss-reactive ketones (excluding diaryl/α,β-unsaturated/α-hetero) is 1. The normalized spacial score (nSPS) is 14.3. The third-order valence-electron chi connectivity index (χ3n) is 7.97. The lowest BCUT2D eigenvalue weighted by Crippen LogP contribution is -2.55. The van der Waals surface area contributed by atoms with E-state index in [2.05, 4.69) is 5.32 Å². The number of benzene rings is 3. The maximum Gasteiger partial charge on any atom is 0.418 e. The van der Waals surface area contributed by atoms with Gasteiger partial charge in [0.2, 0.25) is 5.91 Å². The molecule has 1 radical (unpaired) electrons. The van der Waals surface area contributed by atoms with Crippen LogP contribution in [0.4, 0.5) is 4.79 Å². The first-order valence-corrected chi connectivity index (χ1v) is 15.3. The van der Waals surface area contributed by atoms with Crippen molar-refractivity contribution in [3.8, 4) is 11.1 Å². The van der Waals surface area contributed by atoms with Gasteiger partial charge in [0.05, 0.1) is 12.0 Å². The van der Waals surface area contributed by atoms with Crippen LogP contribution in [0, 0.1) is 0 Å². The van der Waals surface area contributed by atoms with Gasteiger partial charge in [0.25, 0.3) is 0 Å². The number of ketones is 1. The summed E-state index contributed by atoms with van der Waals surface area (Å²) in [6.07, 6.45) is -0.270. The Kier molecular flexibility index (Phi) is 11.1. The van der Waals surface area contributed by atoms with Gasteiger partial charge in [-0.05, 0) is 74.4 Å². The fourth-order valence-corrected chi connectivity index (χ4v) is 5.81.